The third kappa shape index (κ3) is 4.62. The molecule has 1 aromatic carbocycles. The van der Waals surface area contributed by atoms with Crippen molar-refractivity contribution in [3.8, 4) is 0 Å². The number of thioether (sulfide) groups is 1. The fourth-order valence-electron chi connectivity index (χ4n) is 2.76. The smallest absolute Gasteiger partial charge is 0.282 e. The number of hydrogen-bond donors (Lipinski definition) is 2. The van der Waals surface area contributed by atoms with Crippen molar-refractivity contribution in [1.29, 1.82) is 0 Å². The lowest BCUT2D eigenvalue weighted by Gasteiger charge is -2.09. The Bertz CT molecular complexity index is 1040. The number of hydrogen-bond acceptors (Lipinski definition) is 8. The van der Waals surface area contributed by atoms with Gasteiger partial charge in [-0.1, -0.05) is 30.8 Å². The summed E-state index contributed by atoms with van der Waals surface area (Å²) in [6.45, 7) is 3.48. The van der Waals surface area contributed by atoms with Gasteiger partial charge in [0.25, 0.3) is 11.6 Å². The van der Waals surface area contributed by atoms with Crippen LogP contribution in [0.25, 0.3) is 11.0 Å². The number of carbonyl (C=O) groups excluding carboxylic acids is 1. The zero-order valence-corrected chi connectivity index (χ0v) is 16.9. The lowest BCUT2D eigenvalue weighted by molar-refractivity contribution is -0.385. The molecule has 3 aromatic rings. The summed E-state index contributed by atoms with van der Waals surface area (Å²) in [5, 5.41) is 22.9. The fraction of sp³-hybridized carbons (Fsp3) is 0.333. The van der Waals surface area contributed by atoms with Crippen LogP contribution in [-0.4, -0.2) is 49.9 Å². The lowest BCUT2D eigenvalue weighted by atomic mass is 10.1. The minimum atomic E-state index is -0.568. The average Bonchev–Trinajstić information content (AvgIpc) is 3.14. The number of nitrogens with zero attached hydrogens (tertiary/aromatic N) is 5. The van der Waals surface area contributed by atoms with Crippen molar-refractivity contribution in [2.45, 2.75) is 25.0 Å². The standard InChI is InChI=1S/C18H21N7O3S/c1-3-8-19-15-13-11-21-24(16(13)23-18(22-15)29-2)10-9-20-17(26)12-6-4-5-7-14(12)25(27)28/h4-7,11H,3,8-10H2,1-2H3,(H,20,26)(H,19,22,23). The largest absolute Gasteiger partial charge is 0.369 e. The Kier molecular flexibility index (Phi) is 6.60. The van der Waals surface area contributed by atoms with Gasteiger partial charge in [0.2, 0.25) is 0 Å². The van der Waals surface area contributed by atoms with E-state index in [2.05, 4.69) is 32.6 Å². The second-order valence-corrected chi connectivity index (χ2v) is 6.89. The van der Waals surface area contributed by atoms with Gasteiger partial charge >= 0.3 is 0 Å². The van der Waals surface area contributed by atoms with Crippen molar-refractivity contribution in [1.82, 2.24) is 25.1 Å². The van der Waals surface area contributed by atoms with Crippen LogP contribution >= 0.6 is 11.8 Å². The summed E-state index contributed by atoms with van der Waals surface area (Å²) in [5.41, 5.74) is 0.474. The molecule has 2 aromatic heterocycles. The van der Waals surface area contributed by atoms with Gasteiger partial charge in [-0.15, -0.1) is 0 Å². The van der Waals surface area contributed by atoms with Crippen LogP contribution in [0.5, 0.6) is 0 Å². The Hall–Kier alpha value is -3.21. The van der Waals surface area contributed by atoms with Crippen LogP contribution in [0.2, 0.25) is 0 Å². The number of carbonyl (C=O) groups is 1. The van der Waals surface area contributed by atoms with E-state index in [1.165, 1.54) is 30.0 Å². The maximum Gasteiger partial charge on any atom is 0.282 e. The first-order valence-electron chi connectivity index (χ1n) is 9.08. The zero-order valence-electron chi connectivity index (χ0n) is 16.1. The molecule has 1 amide bonds. The number of rotatable bonds is 9. The number of para-hydroxylation sites is 1. The molecule has 2 N–H and O–H groups in total. The van der Waals surface area contributed by atoms with Gasteiger partial charge in [-0.25, -0.2) is 14.6 Å². The molecule has 10 nitrogen and oxygen atoms in total. The van der Waals surface area contributed by atoms with E-state index in [0.29, 0.717) is 17.3 Å². The number of fused-ring (bicyclic) bond motifs is 1. The van der Waals surface area contributed by atoms with Gasteiger partial charge in [0.1, 0.15) is 11.4 Å². The quantitative estimate of drug-likeness (QED) is 0.236. The molecule has 11 heteroatoms. The molecule has 2 heterocycles. The first-order valence-corrected chi connectivity index (χ1v) is 10.3. The first kappa shape index (κ1) is 20.5. The molecular weight excluding hydrogens is 394 g/mol. The molecule has 0 aliphatic rings. The molecule has 0 saturated carbocycles. The van der Waals surface area contributed by atoms with E-state index < -0.39 is 10.8 Å². The van der Waals surface area contributed by atoms with Crippen molar-refractivity contribution in [3.05, 3.63) is 46.1 Å². The molecule has 0 spiro atoms. The summed E-state index contributed by atoms with van der Waals surface area (Å²) >= 11 is 1.44. The molecule has 0 atom stereocenters. The van der Waals surface area contributed by atoms with E-state index in [0.717, 1.165) is 24.2 Å². The fourth-order valence-corrected chi connectivity index (χ4v) is 3.12. The van der Waals surface area contributed by atoms with E-state index >= 15 is 0 Å². The number of benzene rings is 1. The van der Waals surface area contributed by atoms with Crippen molar-refractivity contribution in [2.24, 2.45) is 0 Å². The Balaban J connectivity index is 1.74. The van der Waals surface area contributed by atoms with Crippen LogP contribution in [0.3, 0.4) is 0 Å². The van der Waals surface area contributed by atoms with Gasteiger partial charge in [-0.05, 0) is 18.7 Å². The van der Waals surface area contributed by atoms with Crippen LogP contribution in [0.15, 0.2) is 35.6 Å². The van der Waals surface area contributed by atoms with Gasteiger partial charge < -0.3 is 10.6 Å². The highest BCUT2D eigenvalue weighted by Crippen LogP contribution is 2.23. The molecular formula is C18H21N7O3S. The highest BCUT2D eigenvalue weighted by Gasteiger charge is 2.19. The van der Waals surface area contributed by atoms with Gasteiger partial charge in [-0.2, -0.15) is 5.10 Å². The summed E-state index contributed by atoms with van der Waals surface area (Å²) in [6.07, 6.45) is 4.56. The lowest BCUT2D eigenvalue weighted by Crippen LogP contribution is -2.28. The van der Waals surface area contributed by atoms with Gasteiger partial charge in [-0.3, -0.25) is 14.9 Å². The van der Waals surface area contributed by atoms with Crippen LogP contribution in [0, 0.1) is 10.1 Å². The minimum absolute atomic E-state index is 0.0286. The summed E-state index contributed by atoms with van der Waals surface area (Å²) in [5.74, 6) is 0.231. The molecule has 3 rings (SSSR count). The average molecular weight is 415 g/mol. The highest BCUT2D eigenvalue weighted by atomic mass is 32.2. The maximum atomic E-state index is 12.4. The molecule has 0 aliphatic carbocycles. The van der Waals surface area contributed by atoms with Gasteiger partial charge in [0, 0.05) is 19.2 Å². The van der Waals surface area contributed by atoms with E-state index in [4.69, 9.17) is 0 Å². The second kappa shape index (κ2) is 9.32. The number of aromatic nitrogens is 4. The first-order chi connectivity index (χ1) is 14.0. The monoisotopic (exact) mass is 415 g/mol. The number of nitro groups is 1. The van der Waals surface area contributed by atoms with Gasteiger partial charge in [0.05, 0.1) is 23.1 Å². The third-order valence-corrected chi connectivity index (χ3v) is 4.70. The molecule has 0 bridgehead atoms. The minimum Gasteiger partial charge on any atom is -0.369 e. The molecule has 0 saturated heterocycles. The Morgan fingerprint density at radius 1 is 1.28 bits per heavy atom. The summed E-state index contributed by atoms with van der Waals surface area (Å²) in [6, 6.07) is 5.86. The molecule has 0 fully saturated rings. The predicted molar refractivity (Wildman–Crippen MR) is 111 cm³/mol. The molecule has 0 aliphatic heterocycles. The molecule has 0 radical (unpaired) electrons. The van der Waals surface area contributed by atoms with Crippen LogP contribution in [-0.2, 0) is 6.54 Å². The van der Waals surface area contributed by atoms with Crippen LogP contribution in [0.4, 0.5) is 11.5 Å². The summed E-state index contributed by atoms with van der Waals surface area (Å²) in [4.78, 5) is 31.9. The molecule has 0 unspecified atom stereocenters. The SMILES string of the molecule is CCCNc1nc(SC)nc2c1cnn2CCNC(=O)c1ccccc1[N+](=O)[O-]. The molecule has 29 heavy (non-hydrogen) atoms. The topological polar surface area (TPSA) is 128 Å². The Morgan fingerprint density at radius 3 is 2.79 bits per heavy atom. The normalized spacial score (nSPS) is 10.8. The van der Waals surface area contributed by atoms with E-state index in [9.17, 15) is 14.9 Å². The number of amides is 1. The number of nitro benzene ring substituents is 1. The van der Waals surface area contributed by atoms with Crippen LogP contribution < -0.4 is 10.6 Å². The van der Waals surface area contributed by atoms with E-state index in [-0.39, 0.29) is 17.8 Å². The third-order valence-electron chi connectivity index (χ3n) is 4.16. The number of nitrogens with one attached hydrogen (secondary N) is 2. The Morgan fingerprint density at radius 2 is 2.07 bits per heavy atom. The highest BCUT2D eigenvalue weighted by molar-refractivity contribution is 7.98. The van der Waals surface area contributed by atoms with E-state index in [1.807, 2.05) is 6.26 Å². The van der Waals surface area contributed by atoms with Crippen molar-refractivity contribution in [3.63, 3.8) is 0 Å². The van der Waals surface area contributed by atoms with Crippen molar-refractivity contribution in [2.75, 3.05) is 24.7 Å². The Labute approximate surface area is 171 Å². The van der Waals surface area contributed by atoms with Crippen molar-refractivity contribution >= 4 is 40.2 Å². The second-order valence-electron chi connectivity index (χ2n) is 6.12. The number of anilines is 1. The maximum absolute atomic E-state index is 12.4. The predicted octanol–water partition coefficient (Wildman–Crippen LogP) is 2.71. The van der Waals surface area contributed by atoms with Gasteiger partial charge in [0.15, 0.2) is 10.8 Å². The summed E-state index contributed by atoms with van der Waals surface area (Å²) in [7, 11) is 0. The van der Waals surface area contributed by atoms with Crippen molar-refractivity contribution < 1.29 is 9.72 Å². The zero-order chi connectivity index (χ0) is 20.8. The molecule has 152 valence electrons. The van der Waals surface area contributed by atoms with E-state index in [1.54, 1.807) is 16.9 Å². The van der Waals surface area contributed by atoms with Crippen LogP contribution in [0.1, 0.15) is 23.7 Å². The summed E-state index contributed by atoms with van der Waals surface area (Å²) < 4.78 is 1.69.